The molecule has 2 heterocycles. The van der Waals surface area contributed by atoms with Crippen molar-refractivity contribution in [1.82, 2.24) is 0 Å². The van der Waals surface area contributed by atoms with E-state index in [2.05, 4.69) is 5.32 Å². The van der Waals surface area contributed by atoms with Gasteiger partial charge >= 0.3 is 5.97 Å². The van der Waals surface area contributed by atoms with Gasteiger partial charge in [-0.1, -0.05) is 11.6 Å². The third-order valence-corrected chi connectivity index (χ3v) is 4.29. The summed E-state index contributed by atoms with van der Waals surface area (Å²) in [4.78, 5) is 35.1. The Kier molecular flexibility index (Phi) is 4.77. The van der Waals surface area contributed by atoms with Crippen molar-refractivity contribution in [2.45, 2.75) is 0 Å². The highest BCUT2D eigenvalue weighted by Crippen LogP contribution is 2.39. The molecule has 25 heavy (non-hydrogen) atoms. The first-order valence-electron chi connectivity index (χ1n) is 6.89. The molecule has 0 saturated carbocycles. The minimum absolute atomic E-state index is 0.0129. The van der Waals surface area contributed by atoms with E-state index in [1.807, 2.05) is 0 Å². The van der Waals surface area contributed by atoms with E-state index in [0.29, 0.717) is 16.5 Å². The predicted molar refractivity (Wildman–Crippen MR) is 89.3 cm³/mol. The van der Waals surface area contributed by atoms with E-state index in [-0.39, 0.29) is 22.9 Å². The summed E-state index contributed by atoms with van der Waals surface area (Å²) in [6.07, 6.45) is 0. The van der Waals surface area contributed by atoms with Crippen LogP contribution in [0, 0.1) is 0 Å². The van der Waals surface area contributed by atoms with E-state index < -0.39 is 24.4 Å². The quantitative estimate of drug-likeness (QED) is 0.764. The molecule has 1 aliphatic rings. The topological polar surface area (TPSA) is 117 Å². The number of fused-ring (bicyclic) bond motifs is 1. The van der Waals surface area contributed by atoms with Crippen LogP contribution in [0.4, 0.5) is 5.00 Å². The van der Waals surface area contributed by atoms with Gasteiger partial charge in [-0.3, -0.25) is 9.59 Å². The summed E-state index contributed by atoms with van der Waals surface area (Å²) in [6, 6.07) is 4.27. The number of hydrogen-bond acceptors (Lipinski definition) is 7. The van der Waals surface area contributed by atoms with Gasteiger partial charge < -0.3 is 25.3 Å². The van der Waals surface area contributed by atoms with Crippen LogP contribution in [0.25, 0.3) is 0 Å². The molecular formula is C15H11ClN2O6S. The number of benzene rings is 1. The number of carbonyl (C=O) groups excluding carboxylic acids is 3. The molecule has 3 rings (SSSR count). The van der Waals surface area contributed by atoms with Gasteiger partial charge in [-0.25, -0.2) is 4.79 Å². The Bertz CT molecular complexity index is 866. The van der Waals surface area contributed by atoms with Crippen LogP contribution in [-0.4, -0.2) is 31.2 Å². The minimum Gasteiger partial charge on any atom is -0.454 e. The number of amides is 2. The lowest BCUT2D eigenvalue weighted by Crippen LogP contribution is -2.22. The standard InChI is InChI=1S/C15H11ClN2O6S/c16-9-3-7(4-10-12(9)24-6-23-10)15(21)22-5-11(19)18-14-8(13(17)20)1-2-25-14/h1-4H,5-6H2,(H2,17,20)(H,18,19). The van der Waals surface area contributed by atoms with Crippen LogP contribution in [0.2, 0.25) is 5.02 Å². The zero-order chi connectivity index (χ0) is 18.0. The highest BCUT2D eigenvalue weighted by Gasteiger charge is 2.22. The van der Waals surface area contributed by atoms with Gasteiger partial charge in [0.05, 0.1) is 16.1 Å². The number of primary amides is 1. The molecule has 0 aliphatic carbocycles. The second-order valence-electron chi connectivity index (χ2n) is 4.84. The van der Waals surface area contributed by atoms with E-state index >= 15 is 0 Å². The fraction of sp³-hybridized carbons (Fsp3) is 0.133. The summed E-state index contributed by atoms with van der Waals surface area (Å²) in [5.41, 5.74) is 5.50. The van der Waals surface area contributed by atoms with E-state index in [4.69, 9.17) is 31.5 Å². The van der Waals surface area contributed by atoms with E-state index in [9.17, 15) is 14.4 Å². The lowest BCUT2D eigenvalue weighted by atomic mass is 10.2. The molecule has 0 atom stereocenters. The molecule has 0 bridgehead atoms. The van der Waals surface area contributed by atoms with E-state index in [1.165, 1.54) is 18.2 Å². The van der Waals surface area contributed by atoms with Gasteiger partial charge in [0.15, 0.2) is 18.1 Å². The number of rotatable bonds is 5. The maximum atomic E-state index is 12.1. The van der Waals surface area contributed by atoms with Gasteiger partial charge in [-0.15, -0.1) is 11.3 Å². The Morgan fingerprint density at radius 1 is 1.32 bits per heavy atom. The Labute approximate surface area is 150 Å². The van der Waals surface area contributed by atoms with E-state index in [0.717, 1.165) is 11.3 Å². The van der Waals surface area contributed by atoms with Crippen LogP contribution in [0.15, 0.2) is 23.6 Å². The molecule has 130 valence electrons. The normalized spacial score (nSPS) is 11.9. The number of nitrogens with one attached hydrogen (secondary N) is 1. The minimum atomic E-state index is -0.753. The van der Waals surface area contributed by atoms with Crippen LogP contribution in [0.1, 0.15) is 20.7 Å². The van der Waals surface area contributed by atoms with Crippen molar-refractivity contribution >= 4 is 45.7 Å². The number of ether oxygens (including phenoxy) is 3. The third kappa shape index (κ3) is 3.67. The monoisotopic (exact) mass is 382 g/mol. The predicted octanol–water partition coefficient (Wildman–Crippen LogP) is 2.02. The largest absolute Gasteiger partial charge is 0.454 e. The number of thiophene rings is 1. The molecule has 0 radical (unpaired) electrons. The Balaban J connectivity index is 1.61. The molecule has 1 aromatic heterocycles. The van der Waals surface area contributed by atoms with Crippen LogP contribution in [0.3, 0.4) is 0 Å². The summed E-state index contributed by atoms with van der Waals surface area (Å²) in [6.45, 7) is -0.528. The van der Waals surface area contributed by atoms with Gasteiger partial charge in [-0.05, 0) is 23.6 Å². The van der Waals surface area contributed by atoms with Crippen molar-refractivity contribution in [3.8, 4) is 11.5 Å². The van der Waals surface area contributed by atoms with Crippen molar-refractivity contribution in [3.63, 3.8) is 0 Å². The second-order valence-corrected chi connectivity index (χ2v) is 6.17. The van der Waals surface area contributed by atoms with Gasteiger partial charge in [-0.2, -0.15) is 0 Å². The highest BCUT2D eigenvalue weighted by atomic mass is 35.5. The fourth-order valence-corrected chi connectivity index (χ4v) is 3.14. The molecule has 0 unspecified atom stereocenters. The fourth-order valence-electron chi connectivity index (χ4n) is 2.06. The van der Waals surface area contributed by atoms with Gasteiger partial charge in [0.1, 0.15) is 5.00 Å². The van der Waals surface area contributed by atoms with Crippen LogP contribution >= 0.6 is 22.9 Å². The van der Waals surface area contributed by atoms with Crippen LogP contribution < -0.4 is 20.5 Å². The van der Waals surface area contributed by atoms with Crippen LogP contribution in [0.5, 0.6) is 11.5 Å². The van der Waals surface area contributed by atoms with Crippen LogP contribution in [-0.2, 0) is 9.53 Å². The molecule has 0 fully saturated rings. The van der Waals surface area contributed by atoms with Crippen molar-refractivity contribution in [3.05, 3.63) is 39.7 Å². The Morgan fingerprint density at radius 3 is 2.88 bits per heavy atom. The van der Waals surface area contributed by atoms with E-state index in [1.54, 1.807) is 5.38 Å². The Hall–Kier alpha value is -2.78. The zero-order valence-electron chi connectivity index (χ0n) is 12.5. The number of carbonyl (C=O) groups is 3. The third-order valence-electron chi connectivity index (χ3n) is 3.18. The van der Waals surface area contributed by atoms with Crippen molar-refractivity contribution in [2.75, 3.05) is 18.7 Å². The maximum Gasteiger partial charge on any atom is 0.338 e. The van der Waals surface area contributed by atoms with Gasteiger partial charge in [0, 0.05) is 0 Å². The molecule has 1 aliphatic heterocycles. The molecule has 2 aromatic rings. The average Bonchev–Trinajstić information content (AvgIpc) is 3.21. The summed E-state index contributed by atoms with van der Waals surface area (Å²) in [7, 11) is 0. The lowest BCUT2D eigenvalue weighted by Gasteiger charge is -2.07. The SMILES string of the molecule is NC(=O)c1ccsc1NC(=O)COC(=O)c1cc(Cl)c2c(c1)OCO2. The highest BCUT2D eigenvalue weighted by molar-refractivity contribution is 7.14. The first-order valence-corrected chi connectivity index (χ1v) is 8.15. The molecule has 8 nitrogen and oxygen atoms in total. The Morgan fingerprint density at radius 2 is 2.12 bits per heavy atom. The molecule has 10 heteroatoms. The number of halogens is 1. The van der Waals surface area contributed by atoms with Gasteiger partial charge in [0.25, 0.3) is 11.8 Å². The molecule has 2 amide bonds. The molecule has 0 spiro atoms. The van der Waals surface area contributed by atoms with Crippen molar-refractivity contribution in [1.29, 1.82) is 0 Å². The smallest absolute Gasteiger partial charge is 0.338 e. The number of anilines is 1. The maximum absolute atomic E-state index is 12.1. The second kappa shape index (κ2) is 6.99. The lowest BCUT2D eigenvalue weighted by molar-refractivity contribution is -0.119. The summed E-state index contributed by atoms with van der Waals surface area (Å²) < 4.78 is 15.2. The zero-order valence-corrected chi connectivity index (χ0v) is 14.1. The molecule has 1 aromatic carbocycles. The van der Waals surface area contributed by atoms with Gasteiger partial charge in [0.2, 0.25) is 6.79 Å². The number of hydrogen-bond donors (Lipinski definition) is 2. The number of nitrogens with two attached hydrogens (primary N) is 1. The summed E-state index contributed by atoms with van der Waals surface area (Å²) in [5.74, 6) is -1.34. The summed E-state index contributed by atoms with van der Waals surface area (Å²) >= 11 is 7.12. The number of esters is 1. The first kappa shape index (κ1) is 17.1. The molecule has 0 saturated heterocycles. The van der Waals surface area contributed by atoms with Crippen molar-refractivity contribution in [2.24, 2.45) is 5.73 Å². The molecular weight excluding hydrogens is 372 g/mol. The summed E-state index contributed by atoms with van der Waals surface area (Å²) in [5, 5.41) is 4.57. The van der Waals surface area contributed by atoms with Crippen molar-refractivity contribution < 1.29 is 28.6 Å². The average molecular weight is 383 g/mol. The first-order chi connectivity index (χ1) is 12.0. The molecule has 3 N–H and O–H groups in total.